The van der Waals surface area contributed by atoms with Gasteiger partial charge in [-0.25, -0.2) is 4.57 Å². The van der Waals surface area contributed by atoms with Crippen molar-refractivity contribution in [3.63, 3.8) is 0 Å². The Bertz CT molecular complexity index is 1420. The number of nitrogens with zero attached hydrogens (tertiary/aromatic N) is 1. The number of carbonyl (C=O) groups excluding carboxylic acids is 1. The van der Waals surface area contributed by atoms with E-state index in [1.807, 2.05) is 33.3 Å². The van der Waals surface area contributed by atoms with Gasteiger partial charge in [0.2, 0.25) is 0 Å². The van der Waals surface area contributed by atoms with Gasteiger partial charge in [-0.05, 0) is 96.3 Å². The Kier molecular flexibility index (Phi) is 40.9. The average Bonchev–Trinajstić information content (AvgIpc) is 3.22. The zero-order chi connectivity index (χ0) is 44.8. The Hall–Kier alpha value is -3.36. The van der Waals surface area contributed by atoms with Crippen LogP contribution in [0.25, 0.3) is 0 Å². The van der Waals surface area contributed by atoms with Crippen LogP contribution in [0.2, 0.25) is 0 Å². The number of carbonyl (C=O) groups is 1. The first kappa shape index (κ1) is 57.6. The van der Waals surface area contributed by atoms with Gasteiger partial charge in [-0.15, -0.1) is 0 Å². The second-order valence-electron chi connectivity index (χ2n) is 15.7. The zero-order valence-electron chi connectivity index (χ0n) is 38.8. The molecule has 0 saturated carbocycles. The van der Waals surface area contributed by atoms with E-state index in [1.165, 1.54) is 0 Å². The molecule has 9 heteroatoms. The molecule has 2 atom stereocenters. The number of rotatable bonds is 40. The van der Waals surface area contributed by atoms with Crippen LogP contribution >= 0.6 is 7.82 Å². The van der Waals surface area contributed by atoms with Crippen LogP contribution < -0.4 is 0 Å². The van der Waals surface area contributed by atoms with Crippen LogP contribution in [-0.2, 0) is 27.9 Å². The van der Waals surface area contributed by atoms with Crippen LogP contribution in [0.1, 0.15) is 129 Å². The average molecular weight is 867 g/mol. The molecular formula is C52H85NO7P+. The Labute approximate surface area is 373 Å². The first-order valence-electron chi connectivity index (χ1n) is 22.9. The Morgan fingerprint density at radius 1 is 0.508 bits per heavy atom. The van der Waals surface area contributed by atoms with Crippen LogP contribution in [0.15, 0.2) is 134 Å². The Balaban J connectivity index is 4.33. The second-order valence-corrected chi connectivity index (χ2v) is 17.1. The van der Waals surface area contributed by atoms with Gasteiger partial charge in [-0.1, -0.05) is 160 Å². The summed E-state index contributed by atoms with van der Waals surface area (Å²) in [5, 5.41) is 0. The fourth-order valence-electron chi connectivity index (χ4n) is 5.25. The molecule has 0 fully saturated rings. The number of likely N-dealkylation sites (N-methyl/N-ethyl adjacent to an activating group) is 1. The van der Waals surface area contributed by atoms with E-state index in [1.54, 1.807) is 0 Å². The number of unbranched alkanes of at least 4 members (excludes halogenated alkanes) is 4. The maximum Gasteiger partial charge on any atom is 0.472 e. The summed E-state index contributed by atoms with van der Waals surface area (Å²) in [6.45, 7) is 5.17. The van der Waals surface area contributed by atoms with Crippen molar-refractivity contribution in [1.29, 1.82) is 0 Å². The molecule has 61 heavy (non-hydrogen) atoms. The molecule has 2 unspecified atom stereocenters. The molecule has 0 aliphatic rings. The number of quaternary nitrogens is 1. The van der Waals surface area contributed by atoms with Gasteiger partial charge >= 0.3 is 13.8 Å². The van der Waals surface area contributed by atoms with Crippen molar-refractivity contribution < 1.29 is 37.3 Å². The van der Waals surface area contributed by atoms with Crippen LogP contribution in [0, 0.1) is 0 Å². The molecular weight excluding hydrogens is 782 g/mol. The third-order valence-corrected chi connectivity index (χ3v) is 9.71. The van der Waals surface area contributed by atoms with Crippen molar-refractivity contribution in [2.24, 2.45) is 0 Å². The van der Waals surface area contributed by atoms with Gasteiger partial charge in [0.25, 0.3) is 0 Å². The normalized spacial score (nSPS) is 14.9. The summed E-state index contributed by atoms with van der Waals surface area (Å²) in [6.07, 6.45) is 63.8. The van der Waals surface area contributed by atoms with Crippen molar-refractivity contribution in [2.75, 3.05) is 54.1 Å². The van der Waals surface area contributed by atoms with E-state index in [2.05, 4.69) is 135 Å². The molecule has 0 aliphatic carbocycles. The van der Waals surface area contributed by atoms with Gasteiger partial charge < -0.3 is 18.9 Å². The molecule has 8 nitrogen and oxygen atoms in total. The lowest BCUT2D eigenvalue weighted by atomic mass is 10.1. The van der Waals surface area contributed by atoms with Gasteiger partial charge in [-0.2, -0.15) is 0 Å². The molecule has 0 aliphatic heterocycles. The summed E-state index contributed by atoms with van der Waals surface area (Å²) in [7, 11) is 1.58. The van der Waals surface area contributed by atoms with E-state index in [0.29, 0.717) is 24.1 Å². The molecule has 0 radical (unpaired) electrons. The molecule has 0 aromatic carbocycles. The van der Waals surface area contributed by atoms with E-state index < -0.39 is 19.9 Å². The highest BCUT2D eigenvalue weighted by Crippen LogP contribution is 2.43. The Morgan fingerprint density at radius 3 is 1.33 bits per heavy atom. The van der Waals surface area contributed by atoms with E-state index in [9.17, 15) is 14.3 Å². The highest BCUT2D eigenvalue weighted by atomic mass is 31.2. The van der Waals surface area contributed by atoms with E-state index in [4.69, 9.17) is 18.5 Å². The minimum atomic E-state index is -4.31. The van der Waals surface area contributed by atoms with Crippen LogP contribution in [0.4, 0.5) is 0 Å². The van der Waals surface area contributed by atoms with Gasteiger partial charge in [0, 0.05) is 13.0 Å². The summed E-state index contributed by atoms with van der Waals surface area (Å²) in [5.74, 6) is -0.410. The molecule has 0 spiro atoms. The number of ether oxygens (including phenoxy) is 2. The van der Waals surface area contributed by atoms with Crippen molar-refractivity contribution in [2.45, 2.75) is 136 Å². The Morgan fingerprint density at radius 2 is 0.902 bits per heavy atom. The first-order valence-corrected chi connectivity index (χ1v) is 24.4. The summed E-state index contributed by atoms with van der Waals surface area (Å²) in [5.41, 5.74) is 0. The van der Waals surface area contributed by atoms with Crippen molar-refractivity contribution >= 4 is 13.8 Å². The lowest BCUT2D eigenvalue weighted by molar-refractivity contribution is -0.870. The van der Waals surface area contributed by atoms with Crippen LogP contribution in [0.3, 0.4) is 0 Å². The number of hydrogen-bond donors (Lipinski definition) is 1. The molecule has 344 valence electrons. The standard InChI is InChI=1S/C52H84NO7P/c1-6-8-10-12-14-16-18-20-21-22-23-24-25-26-27-28-29-30-31-32-34-36-38-40-42-44-47-57-49-51(50-59-61(55,56)58-48-46-53(3,4)5)60-52(54)45-43-41-39-37-35-33-19-17-15-13-11-9-7-2/h8-11,14-17,20-21,23-24,26-27,29-30,32-35,39,41,51H,6-7,12-13,18-19,22,25,28,31,36-38,40,42-50H2,1-5H3/p+1/b10-8-,11-9-,16-14-,17-15-,21-20-,24-23-,27-26-,30-29-,34-32-,35-33-,41-39-. The van der Waals surface area contributed by atoms with Crippen molar-refractivity contribution in [1.82, 2.24) is 0 Å². The maximum absolute atomic E-state index is 12.6. The minimum absolute atomic E-state index is 0.0619. The summed E-state index contributed by atoms with van der Waals surface area (Å²) in [4.78, 5) is 22.8. The van der Waals surface area contributed by atoms with Gasteiger partial charge in [0.05, 0.1) is 34.4 Å². The highest BCUT2D eigenvalue weighted by molar-refractivity contribution is 7.47. The first-order chi connectivity index (χ1) is 29.6. The number of phosphoric acid groups is 1. The smallest absolute Gasteiger partial charge is 0.457 e. The number of phosphoric ester groups is 1. The molecule has 0 saturated heterocycles. The molecule has 1 N–H and O–H groups in total. The highest BCUT2D eigenvalue weighted by Gasteiger charge is 2.26. The predicted octanol–water partition coefficient (Wildman–Crippen LogP) is 13.9. The van der Waals surface area contributed by atoms with E-state index in [0.717, 1.165) is 103 Å². The van der Waals surface area contributed by atoms with Gasteiger partial charge in [0.15, 0.2) is 0 Å². The quantitative estimate of drug-likeness (QED) is 0.0216. The van der Waals surface area contributed by atoms with E-state index >= 15 is 0 Å². The predicted molar refractivity (Wildman–Crippen MR) is 260 cm³/mol. The SMILES string of the molecule is CC/C=C\C/C=C\C/C=C\C/C=C\C/C=C\C/C=C\C/C=C\CCCCCCOCC(COP(=O)(O)OCC[N+](C)(C)C)OC(=O)CC/C=C\C/C=C\C/C=C\C/C=C\CC. The fourth-order valence-corrected chi connectivity index (χ4v) is 5.99. The van der Waals surface area contributed by atoms with Crippen LogP contribution in [0.5, 0.6) is 0 Å². The summed E-state index contributed by atoms with van der Waals surface area (Å²) >= 11 is 0. The third-order valence-electron chi connectivity index (χ3n) is 8.72. The molecule has 0 aromatic rings. The van der Waals surface area contributed by atoms with Gasteiger partial charge in [0.1, 0.15) is 19.3 Å². The lowest BCUT2D eigenvalue weighted by Crippen LogP contribution is -2.37. The number of allylic oxidation sites excluding steroid dienone is 22. The largest absolute Gasteiger partial charge is 0.472 e. The molecule has 0 aromatic heterocycles. The molecule has 0 amide bonds. The lowest BCUT2D eigenvalue weighted by Gasteiger charge is -2.24. The maximum atomic E-state index is 12.6. The monoisotopic (exact) mass is 867 g/mol. The third kappa shape index (κ3) is 47.5. The summed E-state index contributed by atoms with van der Waals surface area (Å²) in [6, 6.07) is 0. The number of esters is 1. The molecule has 0 bridgehead atoms. The second kappa shape index (κ2) is 43.3. The fraction of sp³-hybridized carbons (Fsp3) is 0.558. The molecule has 0 heterocycles. The topological polar surface area (TPSA) is 91.3 Å². The van der Waals surface area contributed by atoms with Crippen molar-refractivity contribution in [3.05, 3.63) is 134 Å². The van der Waals surface area contributed by atoms with Gasteiger partial charge in [-0.3, -0.25) is 13.8 Å². The van der Waals surface area contributed by atoms with Crippen LogP contribution in [-0.4, -0.2) is 75.6 Å². The van der Waals surface area contributed by atoms with Crippen molar-refractivity contribution in [3.8, 4) is 0 Å². The number of hydrogen-bond acceptors (Lipinski definition) is 6. The van der Waals surface area contributed by atoms with E-state index in [-0.39, 0.29) is 26.2 Å². The molecule has 0 rings (SSSR count). The zero-order valence-corrected chi connectivity index (χ0v) is 39.7. The summed E-state index contributed by atoms with van der Waals surface area (Å²) < 4.78 is 34.9. The minimum Gasteiger partial charge on any atom is -0.457 e.